The minimum Gasteiger partial charge on any atom is -0.493 e. The van der Waals surface area contributed by atoms with Crippen molar-refractivity contribution < 1.29 is 33.8 Å². The van der Waals surface area contributed by atoms with Gasteiger partial charge in [0.05, 0.1) is 23.4 Å². The lowest BCUT2D eigenvalue weighted by atomic mass is 10.0. The summed E-state index contributed by atoms with van der Waals surface area (Å²) < 4.78 is 11.2. The first-order valence-corrected chi connectivity index (χ1v) is 11.8. The molecule has 1 saturated heterocycles. The molecule has 1 fully saturated rings. The second-order valence-corrected chi connectivity index (χ2v) is 9.04. The molecule has 3 aromatic carbocycles. The number of anilines is 1. The summed E-state index contributed by atoms with van der Waals surface area (Å²) in [5.41, 5.74) is 2.87. The number of hydrogen-bond donors (Lipinski definition) is 2. The van der Waals surface area contributed by atoms with Gasteiger partial charge in [-0.1, -0.05) is 29.8 Å². The van der Waals surface area contributed by atoms with E-state index in [1.807, 2.05) is 19.9 Å². The number of aryl methyl sites for hydroxylation is 2. The quantitative estimate of drug-likeness (QED) is 0.326. The molecule has 0 saturated carbocycles. The molecule has 2 N–H and O–H groups in total. The third-order valence-electron chi connectivity index (χ3n) is 5.69. The number of carboxylic acid groups (broad SMARTS) is 1. The van der Waals surface area contributed by atoms with Crippen LogP contribution in [0.15, 0.2) is 60.2 Å². The number of carboxylic acids is 1. The van der Waals surface area contributed by atoms with Crippen LogP contribution in [0.2, 0.25) is 5.02 Å². The highest BCUT2D eigenvalue weighted by Crippen LogP contribution is 2.38. The van der Waals surface area contributed by atoms with Gasteiger partial charge in [-0.05, 0) is 78.6 Å². The molecular formula is C28H23ClN2O7. The van der Waals surface area contributed by atoms with Crippen molar-refractivity contribution >= 4 is 47.2 Å². The number of amides is 4. The molecule has 0 bridgehead atoms. The van der Waals surface area contributed by atoms with Crippen LogP contribution in [0.5, 0.6) is 11.5 Å². The van der Waals surface area contributed by atoms with Crippen LogP contribution in [0.4, 0.5) is 10.5 Å². The van der Waals surface area contributed by atoms with E-state index < -0.39 is 23.8 Å². The SMILES string of the molecule is COc1cc(/C=C2\C(=O)NC(=O)N(c3cc(C)cc(C)c3)C2=O)cc(Cl)c1OCc1cccc(C(=O)O)c1. The zero-order valence-corrected chi connectivity index (χ0v) is 21.5. The van der Waals surface area contributed by atoms with E-state index in [0.29, 0.717) is 16.8 Å². The van der Waals surface area contributed by atoms with Crippen molar-refractivity contribution in [3.8, 4) is 11.5 Å². The van der Waals surface area contributed by atoms with E-state index in [2.05, 4.69) is 5.32 Å². The monoisotopic (exact) mass is 534 g/mol. The first-order chi connectivity index (χ1) is 18.1. The molecule has 38 heavy (non-hydrogen) atoms. The molecule has 4 amide bonds. The number of benzene rings is 3. The van der Waals surface area contributed by atoms with Gasteiger partial charge in [0.2, 0.25) is 0 Å². The molecule has 0 spiro atoms. The number of aromatic carboxylic acids is 1. The van der Waals surface area contributed by atoms with Gasteiger partial charge in [0.15, 0.2) is 11.5 Å². The van der Waals surface area contributed by atoms with Crippen molar-refractivity contribution in [2.45, 2.75) is 20.5 Å². The number of rotatable bonds is 7. The van der Waals surface area contributed by atoms with Gasteiger partial charge in [-0.15, -0.1) is 0 Å². The lowest BCUT2D eigenvalue weighted by Crippen LogP contribution is -2.54. The molecule has 0 atom stereocenters. The highest BCUT2D eigenvalue weighted by atomic mass is 35.5. The molecule has 3 aromatic rings. The van der Waals surface area contributed by atoms with Crippen LogP contribution in [0.3, 0.4) is 0 Å². The number of nitrogens with zero attached hydrogens (tertiary/aromatic N) is 1. The van der Waals surface area contributed by atoms with Crippen LogP contribution in [0, 0.1) is 13.8 Å². The molecule has 194 valence electrons. The van der Waals surface area contributed by atoms with Gasteiger partial charge < -0.3 is 14.6 Å². The molecule has 0 aromatic heterocycles. The fraction of sp³-hybridized carbons (Fsp3) is 0.143. The first kappa shape index (κ1) is 26.4. The van der Waals surface area contributed by atoms with E-state index >= 15 is 0 Å². The van der Waals surface area contributed by atoms with Crippen molar-refractivity contribution in [3.63, 3.8) is 0 Å². The summed E-state index contributed by atoms with van der Waals surface area (Å²) in [6, 6.07) is 13.7. The van der Waals surface area contributed by atoms with Gasteiger partial charge in [-0.2, -0.15) is 0 Å². The number of hydrogen-bond acceptors (Lipinski definition) is 6. The number of methoxy groups -OCH3 is 1. The molecule has 10 heteroatoms. The number of carbonyl (C=O) groups is 4. The van der Waals surface area contributed by atoms with Gasteiger partial charge in [-0.3, -0.25) is 14.9 Å². The predicted octanol–water partition coefficient (Wildman–Crippen LogP) is 4.91. The Morgan fingerprint density at radius 2 is 1.76 bits per heavy atom. The molecule has 0 unspecified atom stereocenters. The van der Waals surface area contributed by atoms with Crippen LogP contribution in [0.1, 0.15) is 32.6 Å². The van der Waals surface area contributed by atoms with E-state index in [-0.39, 0.29) is 34.3 Å². The topological polar surface area (TPSA) is 122 Å². The van der Waals surface area contributed by atoms with Gasteiger partial charge in [-0.25, -0.2) is 14.5 Å². The number of ether oxygens (including phenoxy) is 2. The summed E-state index contributed by atoms with van der Waals surface area (Å²) in [4.78, 5) is 50.5. The molecule has 1 aliphatic heterocycles. The lowest BCUT2D eigenvalue weighted by Gasteiger charge is -2.27. The lowest BCUT2D eigenvalue weighted by molar-refractivity contribution is -0.122. The molecule has 0 aliphatic carbocycles. The maximum absolute atomic E-state index is 13.3. The Kier molecular flexibility index (Phi) is 7.50. The predicted molar refractivity (Wildman–Crippen MR) is 141 cm³/mol. The fourth-order valence-electron chi connectivity index (χ4n) is 4.05. The second-order valence-electron chi connectivity index (χ2n) is 8.63. The van der Waals surface area contributed by atoms with Crippen LogP contribution >= 0.6 is 11.6 Å². The summed E-state index contributed by atoms with van der Waals surface area (Å²) in [6.45, 7) is 3.70. The van der Waals surface area contributed by atoms with Gasteiger partial charge in [0.25, 0.3) is 11.8 Å². The number of urea groups is 1. The highest BCUT2D eigenvalue weighted by Gasteiger charge is 2.37. The van der Waals surface area contributed by atoms with Crippen molar-refractivity contribution in [2.24, 2.45) is 0 Å². The molecule has 1 heterocycles. The van der Waals surface area contributed by atoms with Crippen LogP contribution in [-0.4, -0.2) is 36.0 Å². The first-order valence-electron chi connectivity index (χ1n) is 11.4. The van der Waals surface area contributed by atoms with Crippen LogP contribution in [0.25, 0.3) is 6.08 Å². The summed E-state index contributed by atoms with van der Waals surface area (Å²) in [7, 11) is 1.40. The Hall–Kier alpha value is -4.63. The van der Waals surface area contributed by atoms with Crippen LogP contribution < -0.4 is 19.7 Å². The Morgan fingerprint density at radius 3 is 2.42 bits per heavy atom. The van der Waals surface area contributed by atoms with Gasteiger partial charge in [0, 0.05) is 0 Å². The summed E-state index contributed by atoms with van der Waals surface area (Å²) in [6.07, 6.45) is 1.31. The molecular weight excluding hydrogens is 512 g/mol. The van der Waals surface area contributed by atoms with Crippen molar-refractivity contribution in [1.82, 2.24) is 5.32 Å². The number of carbonyl (C=O) groups excluding carboxylic acids is 3. The maximum Gasteiger partial charge on any atom is 0.335 e. The van der Waals surface area contributed by atoms with Crippen molar-refractivity contribution in [3.05, 3.63) is 93.0 Å². The Morgan fingerprint density at radius 1 is 1.05 bits per heavy atom. The third kappa shape index (κ3) is 5.52. The number of nitrogens with one attached hydrogen (secondary N) is 1. The fourth-order valence-corrected chi connectivity index (χ4v) is 4.32. The Balaban J connectivity index is 1.64. The average molecular weight is 535 g/mol. The van der Waals surface area contributed by atoms with E-state index in [4.69, 9.17) is 21.1 Å². The van der Waals surface area contributed by atoms with Gasteiger partial charge >= 0.3 is 12.0 Å². The highest BCUT2D eigenvalue weighted by molar-refractivity contribution is 6.39. The number of imide groups is 2. The smallest absolute Gasteiger partial charge is 0.335 e. The maximum atomic E-state index is 13.3. The molecule has 0 radical (unpaired) electrons. The zero-order chi connectivity index (χ0) is 27.6. The van der Waals surface area contributed by atoms with E-state index in [9.17, 15) is 24.3 Å². The minimum absolute atomic E-state index is 0.0194. The Bertz CT molecular complexity index is 1490. The number of barbiturate groups is 1. The normalized spacial score (nSPS) is 14.5. The second kappa shape index (κ2) is 10.8. The standard InChI is InChI=1S/C28H23ClN2O7/c1-15-7-16(2)9-20(8-15)31-26(33)21(25(32)30-28(31)36)11-18-12-22(29)24(23(13-18)37-3)38-14-17-5-4-6-19(10-17)27(34)35/h4-13H,14H2,1-3H3,(H,34,35)(H,30,32,36)/b21-11+. The molecule has 9 nitrogen and oxygen atoms in total. The number of halogens is 1. The minimum atomic E-state index is -1.06. The zero-order valence-electron chi connectivity index (χ0n) is 20.7. The third-order valence-corrected chi connectivity index (χ3v) is 5.97. The summed E-state index contributed by atoms with van der Waals surface area (Å²) in [5, 5.41) is 11.5. The van der Waals surface area contributed by atoms with Gasteiger partial charge in [0.1, 0.15) is 12.2 Å². The molecule has 4 rings (SSSR count). The van der Waals surface area contributed by atoms with E-state index in [1.54, 1.807) is 24.3 Å². The van der Waals surface area contributed by atoms with Crippen molar-refractivity contribution in [1.29, 1.82) is 0 Å². The van der Waals surface area contributed by atoms with Crippen molar-refractivity contribution in [2.75, 3.05) is 12.0 Å². The van der Waals surface area contributed by atoms with Crippen LogP contribution in [-0.2, 0) is 16.2 Å². The van der Waals surface area contributed by atoms with E-state index in [0.717, 1.165) is 16.0 Å². The van der Waals surface area contributed by atoms with E-state index in [1.165, 1.54) is 37.5 Å². The average Bonchev–Trinajstić information content (AvgIpc) is 2.85. The molecule has 1 aliphatic rings. The summed E-state index contributed by atoms with van der Waals surface area (Å²) in [5.74, 6) is -2.25. The Labute approximate surface area is 223 Å². The largest absolute Gasteiger partial charge is 0.493 e. The summed E-state index contributed by atoms with van der Waals surface area (Å²) >= 11 is 6.46.